The number of halogens is 2. The second-order valence-corrected chi connectivity index (χ2v) is 7.39. The van der Waals surface area contributed by atoms with Crippen LogP contribution in [0.15, 0.2) is 49.5 Å². The van der Waals surface area contributed by atoms with Gasteiger partial charge in [-0.15, -0.1) is 10.2 Å². The summed E-state index contributed by atoms with van der Waals surface area (Å²) in [6, 6.07) is 9.03. The number of aromatic hydroxyl groups is 1. The quantitative estimate of drug-likeness (QED) is 0.462. The largest absolute Gasteiger partial charge is 0.493 e. The molecule has 0 aliphatic heterocycles. The third-order valence-electron chi connectivity index (χ3n) is 3.79. The van der Waals surface area contributed by atoms with Gasteiger partial charge in [-0.3, -0.25) is 4.79 Å². The number of amides is 1. The summed E-state index contributed by atoms with van der Waals surface area (Å²) >= 11 is 6.72. The molecule has 0 spiro atoms. The van der Waals surface area contributed by atoms with Gasteiger partial charge in [0.15, 0.2) is 23.8 Å². The molecule has 0 aliphatic carbocycles. The van der Waals surface area contributed by atoms with Crippen molar-refractivity contribution in [3.8, 4) is 17.4 Å². The summed E-state index contributed by atoms with van der Waals surface area (Å²) < 4.78 is 12.2. The lowest BCUT2D eigenvalue weighted by Gasteiger charge is -2.11. The molecule has 0 fully saturated rings. The van der Waals surface area contributed by atoms with E-state index in [1.165, 1.54) is 7.11 Å². The number of aromatic amines is 1. The lowest BCUT2D eigenvalue weighted by molar-refractivity contribution is -0.120. The summed E-state index contributed by atoms with van der Waals surface area (Å²) in [4.78, 5) is 14.9. The van der Waals surface area contributed by atoms with Crippen LogP contribution in [0.1, 0.15) is 5.56 Å². The molecule has 2 aromatic carbocycles. The fourth-order valence-corrected chi connectivity index (χ4v) is 3.83. The van der Waals surface area contributed by atoms with E-state index in [2.05, 4.69) is 47.1 Å². The van der Waals surface area contributed by atoms with Gasteiger partial charge in [0.2, 0.25) is 5.88 Å². The van der Waals surface area contributed by atoms with Gasteiger partial charge < -0.3 is 19.6 Å². The minimum Gasteiger partial charge on any atom is -0.493 e. The first kappa shape index (κ1) is 19.4. The van der Waals surface area contributed by atoms with E-state index in [1.54, 1.807) is 18.2 Å². The molecule has 3 aromatic rings. The van der Waals surface area contributed by atoms with Crippen molar-refractivity contribution in [1.29, 1.82) is 0 Å². The number of hydrogen-bond donors (Lipinski definition) is 2. The first-order chi connectivity index (χ1) is 12.9. The van der Waals surface area contributed by atoms with Gasteiger partial charge in [0.25, 0.3) is 0 Å². The predicted octanol–water partition coefficient (Wildman–Crippen LogP) is 5.40. The Labute approximate surface area is 171 Å². The fraction of sp³-hybridized carbons (Fsp3) is 0.167. The van der Waals surface area contributed by atoms with Crippen LogP contribution in [-0.4, -0.2) is 29.7 Å². The van der Waals surface area contributed by atoms with E-state index in [0.29, 0.717) is 21.4 Å². The number of fused-ring (bicyclic) bond motifs is 1. The van der Waals surface area contributed by atoms with Crippen LogP contribution in [-0.2, 0) is 4.79 Å². The van der Waals surface area contributed by atoms with Crippen LogP contribution in [0.3, 0.4) is 0 Å². The Morgan fingerprint density at radius 1 is 1.30 bits per heavy atom. The number of para-hydroxylation sites is 1. The van der Waals surface area contributed by atoms with Crippen molar-refractivity contribution in [3.63, 3.8) is 0 Å². The maximum atomic E-state index is 12.1. The van der Waals surface area contributed by atoms with E-state index >= 15 is 0 Å². The van der Waals surface area contributed by atoms with Crippen molar-refractivity contribution < 1.29 is 19.4 Å². The van der Waals surface area contributed by atoms with Crippen molar-refractivity contribution >= 4 is 54.4 Å². The van der Waals surface area contributed by atoms with E-state index < -0.39 is 5.91 Å². The molecule has 0 saturated heterocycles. The van der Waals surface area contributed by atoms with Crippen LogP contribution in [0.5, 0.6) is 17.4 Å². The highest BCUT2D eigenvalue weighted by atomic mass is 79.9. The number of benzene rings is 2. The Balaban J connectivity index is 1.76. The van der Waals surface area contributed by atoms with E-state index in [0.717, 1.165) is 15.6 Å². The first-order valence-corrected chi connectivity index (χ1v) is 9.40. The zero-order valence-electron chi connectivity index (χ0n) is 14.4. The van der Waals surface area contributed by atoms with E-state index in [1.807, 2.05) is 19.1 Å². The molecule has 1 heterocycles. The molecule has 0 unspecified atom stereocenters. The van der Waals surface area contributed by atoms with Gasteiger partial charge in [0, 0.05) is 9.86 Å². The minimum absolute atomic E-state index is 0.144. The lowest BCUT2D eigenvalue weighted by atomic mass is 10.1. The molecule has 0 atom stereocenters. The SMILES string of the molecule is COc1cc(Br)cc(Br)c1OCC(=O)N=Nc1c(O)[nH]c2c(C)cccc12. The summed E-state index contributed by atoms with van der Waals surface area (Å²) in [5, 5.41) is 18.2. The third-order valence-corrected chi connectivity index (χ3v) is 4.84. The molecule has 1 amide bonds. The summed E-state index contributed by atoms with van der Waals surface area (Å²) in [7, 11) is 1.50. The molecule has 3 rings (SSSR count). The maximum absolute atomic E-state index is 12.1. The standard InChI is InChI=1S/C18H15Br2N3O4/c1-9-4-3-5-11-15(9)21-18(25)16(11)23-22-14(24)8-27-17-12(20)6-10(19)7-13(17)26-2/h3-7,21,25H,8H2,1-2H3. The van der Waals surface area contributed by atoms with Crippen molar-refractivity contribution in [3.05, 3.63) is 44.8 Å². The number of H-pyrrole nitrogens is 1. The van der Waals surface area contributed by atoms with Gasteiger partial charge in [-0.1, -0.05) is 34.1 Å². The van der Waals surface area contributed by atoms with E-state index in [9.17, 15) is 9.90 Å². The van der Waals surface area contributed by atoms with Gasteiger partial charge in [0.1, 0.15) is 0 Å². The van der Waals surface area contributed by atoms with Crippen LogP contribution < -0.4 is 9.47 Å². The zero-order chi connectivity index (χ0) is 19.6. The Morgan fingerprint density at radius 3 is 2.81 bits per heavy atom. The number of ether oxygens (including phenoxy) is 2. The van der Waals surface area contributed by atoms with Crippen LogP contribution in [0.25, 0.3) is 10.9 Å². The lowest BCUT2D eigenvalue weighted by Crippen LogP contribution is -2.09. The number of aryl methyl sites for hydroxylation is 1. The maximum Gasteiger partial charge on any atom is 0.302 e. The smallest absolute Gasteiger partial charge is 0.302 e. The van der Waals surface area contributed by atoms with Gasteiger partial charge in [-0.2, -0.15) is 0 Å². The molecule has 0 saturated carbocycles. The molecule has 7 nitrogen and oxygen atoms in total. The molecule has 1 aromatic heterocycles. The number of hydrogen-bond acceptors (Lipinski definition) is 5. The molecule has 2 N–H and O–H groups in total. The van der Waals surface area contributed by atoms with Crippen LogP contribution in [0.4, 0.5) is 5.69 Å². The highest BCUT2D eigenvalue weighted by Gasteiger charge is 2.14. The van der Waals surface area contributed by atoms with Crippen molar-refractivity contribution in [2.24, 2.45) is 10.2 Å². The molecular weight excluding hydrogens is 482 g/mol. The number of carbonyl (C=O) groups is 1. The molecule has 0 aliphatic rings. The number of nitrogens with zero attached hydrogens (tertiary/aromatic N) is 2. The number of methoxy groups -OCH3 is 1. The first-order valence-electron chi connectivity index (χ1n) is 7.81. The third kappa shape index (κ3) is 4.14. The zero-order valence-corrected chi connectivity index (χ0v) is 17.6. The van der Waals surface area contributed by atoms with Crippen LogP contribution in [0, 0.1) is 6.92 Å². The Hall–Kier alpha value is -2.39. The predicted molar refractivity (Wildman–Crippen MR) is 108 cm³/mol. The Bertz CT molecular complexity index is 1050. The average Bonchev–Trinajstić information content (AvgIpc) is 2.95. The topological polar surface area (TPSA) is 96.3 Å². The number of carbonyl (C=O) groups excluding carboxylic acids is 1. The number of rotatable bonds is 5. The van der Waals surface area contributed by atoms with Gasteiger partial charge in [-0.05, 0) is 40.5 Å². The van der Waals surface area contributed by atoms with Gasteiger partial charge in [-0.25, -0.2) is 0 Å². The molecule has 0 radical (unpaired) electrons. The summed E-state index contributed by atoms with van der Waals surface area (Å²) in [5.74, 6) is 0.0999. The fourth-order valence-electron chi connectivity index (χ4n) is 2.53. The number of nitrogens with one attached hydrogen (secondary N) is 1. The van der Waals surface area contributed by atoms with Crippen molar-refractivity contribution in [1.82, 2.24) is 4.98 Å². The average molecular weight is 497 g/mol. The molecule has 27 heavy (non-hydrogen) atoms. The highest BCUT2D eigenvalue weighted by molar-refractivity contribution is 9.11. The molecular formula is C18H15Br2N3O4. The van der Waals surface area contributed by atoms with Crippen LogP contribution in [0.2, 0.25) is 0 Å². The van der Waals surface area contributed by atoms with E-state index in [-0.39, 0.29) is 18.2 Å². The van der Waals surface area contributed by atoms with Crippen molar-refractivity contribution in [2.45, 2.75) is 6.92 Å². The summed E-state index contributed by atoms with van der Waals surface area (Å²) in [6.07, 6.45) is 0. The highest BCUT2D eigenvalue weighted by Crippen LogP contribution is 2.39. The van der Waals surface area contributed by atoms with Crippen molar-refractivity contribution in [2.75, 3.05) is 13.7 Å². The number of azo groups is 1. The van der Waals surface area contributed by atoms with Gasteiger partial charge >= 0.3 is 5.91 Å². The monoisotopic (exact) mass is 495 g/mol. The molecule has 9 heteroatoms. The normalized spacial score (nSPS) is 11.3. The Morgan fingerprint density at radius 2 is 2.07 bits per heavy atom. The second-order valence-electron chi connectivity index (χ2n) is 5.62. The number of aromatic nitrogens is 1. The summed E-state index contributed by atoms with van der Waals surface area (Å²) in [6.45, 7) is 1.57. The van der Waals surface area contributed by atoms with E-state index in [4.69, 9.17) is 9.47 Å². The van der Waals surface area contributed by atoms with Crippen LogP contribution >= 0.6 is 31.9 Å². The molecule has 140 valence electrons. The summed E-state index contributed by atoms with van der Waals surface area (Å²) in [5.41, 5.74) is 1.91. The minimum atomic E-state index is -0.603. The van der Waals surface area contributed by atoms with Gasteiger partial charge in [0.05, 0.1) is 17.1 Å². The molecule has 0 bridgehead atoms. The second kappa shape index (κ2) is 8.10. The Kier molecular flexibility index (Phi) is 5.81.